The number of aryl methyl sites for hydroxylation is 1. The number of benzene rings is 2. The smallest absolute Gasteiger partial charge is 0.162 e. The van der Waals surface area contributed by atoms with Crippen LogP contribution in [0.1, 0.15) is 5.56 Å². The second-order valence-electron chi connectivity index (χ2n) is 5.77. The van der Waals surface area contributed by atoms with Gasteiger partial charge in [-0.2, -0.15) is 0 Å². The van der Waals surface area contributed by atoms with Crippen LogP contribution in [0.3, 0.4) is 0 Å². The summed E-state index contributed by atoms with van der Waals surface area (Å²) in [4.78, 5) is 9.37. The number of nitrogens with zero attached hydrogens (tertiary/aromatic N) is 2. The molecule has 120 valence electrons. The lowest BCUT2D eigenvalue weighted by molar-refractivity contribution is 0.410. The number of ether oxygens (including phenoxy) is 2. The molecule has 0 atom stereocenters. The summed E-state index contributed by atoms with van der Waals surface area (Å²) in [6, 6.07) is 11.8. The van der Waals surface area contributed by atoms with Crippen molar-refractivity contribution < 1.29 is 9.47 Å². The summed E-state index contributed by atoms with van der Waals surface area (Å²) in [7, 11) is 3.23. The highest BCUT2D eigenvalue weighted by atomic mass is 16.5. The maximum Gasteiger partial charge on any atom is 0.162 e. The van der Waals surface area contributed by atoms with E-state index in [1.807, 2.05) is 30.3 Å². The van der Waals surface area contributed by atoms with Gasteiger partial charge in [-0.1, -0.05) is 11.6 Å². The summed E-state index contributed by atoms with van der Waals surface area (Å²) in [5.74, 6) is 1.31. The topological polar surface area (TPSA) is 70.3 Å². The van der Waals surface area contributed by atoms with E-state index in [2.05, 4.69) is 18.0 Å². The molecule has 5 heteroatoms. The molecule has 0 unspecified atom stereocenters. The molecule has 5 nitrogen and oxygen atoms in total. The number of pyridine rings is 2. The van der Waals surface area contributed by atoms with E-state index in [-0.39, 0.29) is 0 Å². The largest absolute Gasteiger partial charge is 0.496 e. The van der Waals surface area contributed by atoms with Crippen molar-refractivity contribution in [3.63, 3.8) is 0 Å². The number of nitrogens with two attached hydrogens (primary N) is 1. The van der Waals surface area contributed by atoms with Crippen LogP contribution in [0.25, 0.3) is 32.8 Å². The quantitative estimate of drug-likeness (QED) is 0.568. The van der Waals surface area contributed by atoms with Crippen LogP contribution >= 0.6 is 0 Å². The van der Waals surface area contributed by atoms with Crippen molar-refractivity contribution in [1.29, 1.82) is 0 Å². The molecule has 2 aromatic heterocycles. The van der Waals surface area contributed by atoms with Gasteiger partial charge in [0.15, 0.2) is 5.65 Å². The summed E-state index contributed by atoms with van der Waals surface area (Å²) in [5.41, 5.74) is 10.4. The highest BCUT2D eigenvalue weighted by molar-refractivity contribution is 6.11. The van der Waals surface area contributed by atoms with E-state index < -0.39 is 0 Å². The van der Waals surface area contributed by atoms with Crippen LogP contribution in [0.5, 0.6) is 11.5 Å². The number of fused-ring (bicyclic) bond motifs is 3. The minimum atomic E-state index is 0.599. The number of rotatable bonds is 2. The predicted octanol–water partition coefficient (Wildman–Crippen LogP) is 3.84. The number of aromatic nitrogens is 2. The van der Waals surface area contributed by atoms with Crippen molar-refractivity contribution in [2.75, 3.05) is 20.0 Å². The van der Waals surface area contributed by atoms with Gasteiger partial charge in [0, 0.05) is 10.8 Å². The molecule has 2 heterocycles. The molecule has 4 rings (SSSR count). The average molecular weight is 319 g/mol. The van der Waals surface area contributed by atoms with Gasteiger partial charge in [0.1, 0.15) is 17.0 Å². The summed E-state index contributed by atoms with van der Waals surface area (Å²) >= 11 is 0. The molecule has 0 aliphatic carbocycles. The Balaban J connectivity index is 2.20. The Hall–Kier alpha value is -3.08. The number of methoxy groups -OCH3 is 2. The van der Waals surface area contributed by atoms with E-state index in [0.29, 0.717) is 28.4 Å². The molecule has 24 heavy (non-hydrogen) atoms. The van der Waals surface area contributed by atoms with Gasteiger partial charge in [-0.15, -0.1) is 0 Å². The first-order valence-corrected chi connectivity index (χ1v) is 7.63. The van der Waals surface area contributed by atoms with Crippen LogP contribution in [-0.4, -0.2) is 24.2 Å². The van der Waals surface area contributed by atoms with Crippen LogP contribution in [-0.2, 0) is 0 Å². The molecule has 0 aliphatic rings. The second kappa shape index (κ2) is 5.23. The Morgan fingerprint density at radius 3 is 2.42 bits per heavy atom. The zero-order chi connectivity index (χ0) is 16.8. The fraction of sp³-hybridized carbons (Fsp3) is 0.158. The Kier molecular flexibility index (Phi) is 3.16. The molecule has 0 aliphatic heterocycles. The van der Waals surface area contributed by atoms with Gasteiger partial charge in [0.25, 0.3) is 0 Å². The molecular formula is C19H17N3O2. The molecule has 0 spiro atoms. The van der Waals surface area contributed by atoms with Crippen LogP contribution in [0.2, 0.25) is 0 Å². The summed E-state index contributed by atoms with van der Waals surface area (Å²) < 4.78 is 10.9. The normalized spacial score (nSPS) is 11.3. The zero-order valence-corrected chi connectivity index (χ0v) is 13.8. The molecule has 0 saturated carbocycles. The first kappa shape index (κ1) is 14.5. The van der Waals surface area contributed by atoms with Gasteiger partial charge in [-0.25, -0.2) is 9.97 Å². The van der Waals surface area contributed by atoms with Gasteiger partial charge in [-0.05, 0) is 37.3 Å². The van der Waals surface area contributed by atoms with Gasteiger partial charge in [0.2, 0.25) is 0 Å². The summed E-state index contributed by atoms with van der Waals surface area (Å²) in [6.07, 6.45) is 0. The Labute approximate surface area is 139 Å². The van der Waals surface area contributed by atoms with E-state index in [9.17, 15) is 0 Å². The van der Waals surface area contributed by atoms with Crippen molar-refractivity contribution in [2.45, 2.75) is 6.92 Å². The third kappa shape index (κ3) is 2.01. The van der Waals surface area contributed by atoms with E-state index in [1.54, 1.807) is 14.2 Å². The third-order valence-corrected chi connectivity index (χ3v) is 4.27. The van der Waals surface area contributed by atoms with Gasteiger partial charge >= 0.3 is 0 Å². The van der Waals surface area contributed by atoms with Crippen molar-refractivity contribution in [3.05, 3.63) is 42.0 Å². The van der Waals surface area contributed by atoms with Gasteiger partial charge in [-0.3, -0.25) is 0 Å². The van der Waals surface area contributed by atoms with Crippen molar-refractivity contribution in [2.24, 2.45) is 0 Å². The summed E-state index contributed by atoms with van der Waals surface area (Å²) in [6.45, 7) is 2.06. The van der Waals surface area contributed by atoms with E-state index in [4.69, 9.17) is 20.2 Å². The Morgan fingerprint density at radius 2 is 1.67 bits per heavy atom. The highest BCUT2D eigenvalue weighted by Gasteiger charge is 2.16. The Bertz CT molecular complexity index is 1110. The molecule has 0 fully saturated rings. The molecule has 4 aromatic rings. The van der Waals surface area contributed by atoms with E-state index in [1.165, 1.54) is 5.56 Å². The molecular weight excluding hydrogens is 302 g/mol. The fourth-order valence-electron chi connectivity index (χ4n) is 3.07. The van der Waals surface area contributed by atoms with Crippen LogP contribution in [0.15, 0.2) is 36.4 Å². The first-order valence-electron chi connectivity index (χ1n) is 7.63. The standard InChI is InChI=1S/C19H17N3O2/c1-10-4-5-13-11(8-10)9-12-17(20)16-14(23-2)6-7-15(24-3)18(16)22-19(12)21-13/h4-9H,1-3H3,(H2,20,21,22). The lowest BCUT2D eigenvalue weighted by atomic mass is 10.1. The molecule has 2 N–H and O–H groups in total. The summed E-state index contributed by atoms with van der Waals surface area (Å²) in [5, 5.41) is 2.60. The predicted molar refractivity (Wildman–Crippen MR) is 96.8 cm³/mol. The monoisotopic (exact) mass is 319 g/mol. The minimum absolute atomic E-state index is 0.599. The third-order valence-electron chi connectivity index (χ3n) is 4.27. The number of hydrogen-bond acceptors (Lipinski definition) is 5. The van der Waals surface area contributed by atoms with Crippen molar-refractivity contribution in [1.82, 2.24) is 9.97 Å². The maximum atomic E-state index is 6.47. The lowest BCUT2D eigenvalue weighted by Crippen LogP contribution is -1.99. The van der Waals surface area contributed by atoms with E-state index >= 15 is 0 Å². The molecule has 0 saturated heterocycles. The number of hydrogen-bond donors (Lipinski definition) is 1. The average Bonchev–Trinajstić information content (AvgIpc) is 2.59. The highest BCUT2D eigenvalue weighted by Crippen LogP contribution is 2.39. The Morgan fingerprint density at radius 1 is 0.917 bits per heavy atom. The maximum absolute atomic E-state index is 6.47. The second-order valence-corrected chi connectivity index (χ2v) is 5.77. The van der Waals surface area contributed by atoms with Gasteiger partial charge < -0.3 is 15.2 Å². The van der Waals surface area contributed by atoms with E-state index in [0.717, 1.165) is 21.7 Å². The van der Waals surface area contributed by atoms with Gasteiger partial charge in [0.05, 0.1) is 30.8 Å². The van der Waals surface area contributed by atoms with Crippen LogP contribution in [0, 0.1) is 6.92 Å². The van der Waals surface area contributed by atoms with Crippen LogP contribution in [0.4, 0.5) is 5.69 Å². The van der Waals surface area contributed by atoms with Crippen LogP contribution < -0.4 is 15.2 Å². The number of nitrogen functional groups attached to an aromatic ring is 1. The molecule has 0 radical (unpaired) electrons. The molecule has 0 bridgehead atoms. The molecule has 2 aromatic carbocycles. The fourth-order valence-corrected chi connectivity index (χ4v) is 3.07. The minimum Gasteiger partial charge on any atom is -0.496 e. The van der Waals surface area contributed by atoms with Crippen molar-refractivity contribution in [3.8, 4) is 11.5 Å². The first-order chi connectivity index (χ1) is 11.6. The lowest BCUT2D eigenvalue weighted by Gasteiger charge is -2.13. The van der Waals surface area contributed by atoms with Crippen molar-refractivity contribution >= 4 is 38.5 Å². The zero-order valence-electron chi connectivity index (χ0n) is 13.8. The molecule has 0 amide bonds. The number of anilines is 1. The SMILES string of the molecule is COc1ccc(OC)c2c(N)c3cc4cc(C)ccc4nc3nc12.